The maximum atomic E-state index is 11.7. The molecule has 3 aromatic rings. The van der Waals surface area contributed by atoms with Crippen LogP contribution in [0.5, 0.6) is 5.75 Å². The minimum absolute atomic E-state index is 0.336. The fraction of sp³-hybridized carbons (Fsp3) is 0.452. The van der Waals surface area contributed by atoms with Crippen molar-refractivity contribution in [3.8, 4) is 28.3 Å². The highest BCUT2D eigenvalue weighted by atomic mass is 16.6. The monoisotopic (exact) mass is 488 g/mol. The molecule has 0 saturated carbocycles. The molecule has 0 aliphatic rings. The van der Waals surface area contributed by atoms with Gasteiger partial charge in [0.1, 0.15) is 5.75 Å². The number of benzene rings is 2. The van der Waals surface area contributed by atoms with Crippen molar-refractivity contribution in [2.75, 3.05) is 6.61 Å². The maximum absolute atomic E-state index is 11.7. The van der Waals surface area contributed by atoms with Gasteiger partial charge in [0.25, 0.3) is 0 Å². The molecule has 1 unspecified atom stereocenters. The van der Waals surface area contributed by atoms with E-state index in [4.69, 9.17) is 9.47 Å². The summed E-state index contributed by atoms with van der Waals surface area (Å²) in [5.41, 5.74) is 4.40. The molecule has 0 N–H and O–H groups in total. The van der Waals surface area contributed by atoms with E-state index in [1.54, 1.807) is 13.8 Å². The van der Waals surface area contributed by atoms with E-state index in [1.807, 2.05) is 36.7 Å². The first-order valence-corrected chi connectivity index (χ1v) is 13.5. The smallest absolute Gasteiger partial charge is 0.347 e. The van der Waals surface area contributed by atoms with Crippen LogP contribution in [0.2, 0.25) is 0 Å². The number of hydrogen-bond donors (Lipinski definition) is 0. The average Bonchev–Trinajstić information content (AvgIpc) is 2.91. The molecule has 1 aromatic heterocycles. The van der Waals surface area contributed by atoms with E-state index in [-0.39, 0.29) is 5.97 Å². The minimum Gasteiger partial charge on any atom is -0.479 e. The second-order valence-corrected chi connectivity index (χ2v) is 9.25. The highest BCUT2D eigenvalue weighted by molar-refractivity contribution is 5.74. The zero-order valence-electron chi connectivity index (χ0n) is 22.0. The van der Waals surface area contributed by atoms with Gasteiger partial charge < -0.3 is 9.47 Å². The maximum Gasteiger partial charge on any atom is 0.347 e. The summed E-state index contributed by atoms with van der Waals surface area (Å²) in [7, 11) is 0. The first-order chi connectivity index (χ1) is 17.6. The van der Waals surface area contributed by atoms with Crippen molar-refractivity contribution in [2.24, 2.45) is 0 Å². The molecular formula is C31H40N2O3. The Morgan fingerprint density at radius 2 is 1.33 bits per heavy atom. The van der Waals surface area contributed by atoms with E-state index in [0.29, 0.717) is 18.2 Å². The summed E-state index contributed by atoms with van der Waals surface area (Å²) in [6.07, 6.45) is 15.0. The van der Waals surface area contributed by atoms with Crippen molar-refractivity contribution in [1.29, 1.82) is 0 Å². The number of esters is 1. The largest absolute Gasteiger partial charge is 0.479 e. The van der Waals surface area contributed by atoms with Gasteiger partial charge in [0.2, 0.25) is 0 Å². The Balaban J connectivity index is 1.48. The summed E-state index contributed by atoms with van der Waals surface area (Å²) in [6, 6.07) is 16.2. The highest BCUT2D eigenvalue weighted by Crippen LogP contribution is 2.23. The lowest BCUT2D eigenvalue weighted by Gasteiger charge is -2.13. The number of aryl methyl sites for hydroxylation is 1. The van der Waals surface area contributed by atoms with Crippen molar-refractivity contribution in [3.05, 3.63) is 66.5 Å². The van der Waals surface area contributed by atoms with Crippen LogP contribution < -0.4 is 4.74 Å². The summed E-state index contributed by atoms with van der Waals surface area (Å²) in [6.45, 7) is 6.06. The van der Waals surface area contributed by atoms with E-state index in [2.05, 4.69) is 41.2 Å². The lowest BCUT2D eigenvalue weighted by molar-refractivity contribution is -0.150. The quantitative estimate of drug-likeness (QED) is 0.161. The first kappa shape index (κ1) is 27.4. The van der Waals surface area contributed by atoms with E-state index < -0.39 is 6.10 Å². The molecule has 5 heteroatoms. The lowest BCUT2D eigenvalue weighted by atomic mass is 10.0. The Hall–Kier alpha value is -3.21. The Morgan fingerprint density at radius 3 is 1.94 bits per heavy atom. The Labute approximate surface area is 216 Å². The molecule has 0 saturated heterocycles. The third kappa shape index (κ3) is 8.78. The molecule has 1 heterocycles. The molecule has 0 amide bonds. The SMILES string of the molecule is CCCCCCCCCCc1ccc(-c2cnc(-c3ccc(OC(C)C(=O)OCC)cc3)nc2)cc1. The van der Waals surface area contributed by atoms with E-state index >= 15 is 0 Å². The number of carbonyl (C=O) groups excluding carboxylic acids is 1. The van der Waals surface area contributed by atoms with Crippen LogP contribution in [0.4, 0.5) is 0 Å². The zero-order chi connectivity index (χ0) is 25.6. The number of rotatable bonds is 15. The lowest BCUT2D eigenvalue weighted by Crippen LogP contribution is -2.25. The van der Waals surface area contributed by atoms with Crippen LogP contribution in [0.3, 0.4) is 0 Å². The van der Waals surface area contributed by atoms with Crippen molar-refractivity contribution in [2.45, 2.75) is 84.7 Å². The minimum atomic E-state index is -0.655. The molecule has 0 spiro atoms. The van der Waals surface area contributed by atoms with Gasteiger partial charge in [0.05, 0.1) is 6.61 Å². The standard InChI is InChI=1S/C31H40N2O3/c1-4-6-7-8-9-10-11-12-13-25-14-16-26(17-15-25)28-22-32-30(33-23-28)27-18-20-29(21-19-27)36-24(3)31(34)35-5-2/h14-24H,4-13H2,1-3H3. The van der Waals surface area contributed by atoms with Gasteiger partial charge >= 0.3 is 5.97 Å². The van der Waals surface area contributed by atoms with Gasteiger partial charge in [-0.1, -0.05) is 76.1 Å². The number of hydrogen-bond acceptors (Lipinski definition) is 5. The van der Waals surface area contributed by atoms with Crippen molar-refractivity contribution >= 4 is 5.97 Å². The second-order valence-electron chi connectivity index (χ2n) is 9.25. The van der Waals surface area contributed by atoms with Crippen molar-refractivity contribution in [1.82, 2.24) is 9.97 Å². The van der Waals surface area contributed by atoms with Crippen molar-refractivity contribution < 1.29 is 14.3 Å². The summed E-state index contributed by atoms with van der Waals surface area (Å²) >= 11 is 0. The van der Waals surface area contributed by atoms with Crippen LogP contribution in [-0.2, 0) is 16.0 Å². The van der Waals surface area contributed by atoms with Crippen LogP contribution >= 0.6 is 0 Å². The fourth-order valence-electron chi connectivity index (χ4n) is 4.15. The van der Waals surface area contributed by atoms with Crippen LogP contribution in [-0.4, -0.2) is 28.6 Å². The van der Waals surface area contributed by atoms with Crippen LogP contribution in [0.1, 0.15) is 77.7 Å². The molecule has 0 bridgehead atoms. The predicted octanol–water partition coefficient (Wildman–Crippen LogP) is 7.82. The Bertz CT molecular complexity index is 1030. The number of unbranched alkanes of at least 4 members (excludes halogenated alkanes) is 7. The van der Waals surface area contributed by atoms with Crippen molar-refractivity contribution in [3.63, 3.8) is 0 Å². The molecule has 3 rings (SSSR count). The van der Waals surface area contributed by atoms with Gasteiger partial charge in [0, 0.05) is 23.5 Å². The fourth-order valence-corrected chi connectivity index (χ4v) is 4.15. The molecular weight excluding hydrogens is 448 g/mol. The number of carbonyl (C=O) groups is 1. The van der Waals surface area contributed by atoms with Crippen LogP contribution in [0.15, 0.2) is 60.9 Å². The summed E-state index contributed by atoms with van der Waals surface area (Å²) < 4.78 is 10.6. The van der Waals surface area contributed by atoms with Gasteiger partial charge in [-0.15, -0.1) is 0 Å². The molecule has 0 fully saturated rings. The topological polar surface area (TPSA) is 61.3 Å². The predicted molar refractivity (Wildman–Crippen MR) is 146 cm³/mol. The molecule has 5 nitrogen and oxygen atoms in total. The molecule has 192 valence electrons. The summed E-state index contributed by atoms with van der Waals surface area (Å²) in [5, 5.41) is 0. The number of nitrogens with zero attached hydrogens (tertiary/aromatic N) is 2. The molecule has 1 atom stereocenters. The van der Waals surface area contributed by atoms with Crippen LogP contribution in [0, 0.1) is 0 Å². The third-order valence-corrected chi connectivity index (χ3v) is 6.30. The number of ether oxygens (including phenoxy) is 2. The molecule has 2 aromatic carbocycles. The van der Waals surface area contributed by atoms with Gasteiger partial charge in [-0.3, -0.25) is 0 Å². The summed E-state index contributed by atoms with van der Waals surface area (Å²) in [5.74, 6) is 0.875. The van der Waals surface area contributed by atoms with Gasteiger partial charge in [-0.25, -0.2) is 14.8 Å². The third-order valence-electron chi connectivity index (χ3n) is 6.30. The summed E-state index contributed by atoms with van der Waals surface area (Å²) in [4.78, 5) is 20.9. The second kappa shape index (κ2) is 15.0. The Morgan fingerprint density at radius 1 is 0.750 bits per heavy atom. The van der Waals surface area contributed by atoms with Gasteiger partial charge in [-0.05, 0) is 62.1 Å². The Kier molecular flexibility index (Phi) is 11.4. The normalized spacial score (nSPS) is 11.8. The number of aromatic nitrogens is 2. The molecule has 0 aliphatic carbocycles. The van der Waals surface area contributed by atoms with Gasteiger partial charge in [-0.2, -0.15) is 0 Å². The van der Waals surface area contributed by atoms with E-state index in [1.165, 1.54) is 56.9 Å². The highest BCUT2D eigenvalue weighted by Gasteiger charge is 2.15. The first-order valence-electron chi connectivity index (χ1n) is 13.5. The van der Waals surface area contributed by atoms with E-state index in [0.717, 1.165) is 23.1 Å². The molecule has 0 radical (unpaired) electrons. The van der Waals surface area contributed by atoms with E-state index in [9.17, 15) is 4.79 Å². The zero-order valence-corrected chi connectivity index (χ0v) is 22.0. The molecule has 36 heavy (non-hydrogen) atoms. The van der Waals surface area contributed by atoms with Gasteiger partial charge in [0.15, 0.2) is 11.9 Å². The molecule has 0 aliphatic heterocycles. The average molecular weight is 489 g/mol. The van der Waals surface area contributed by atoms with Crippen LogP contribution in [0.25, 0.3) is 22.5 Å².